The Morgan fingerprint density at radius 2 is 1.86 bits per heavy atom. The van der Waals surface area contributed by atoms with Crippen LogP contribution in [0.15, 0.2) is 23.3 Å². The highest BCUT2D eigenvalue weighted by Gasteiger charge is 2.24. The monoisotopic (exact) mass is 323 g/mol. The average molecular weight is 324 g/mol. The second-order valence-corrected chi connectivity index (χ2v) is 5.63. The number of carboxylic acid groups (broad SMARTS) is 1. The minimum Gasteiger partial charge on any atom is -0.495 e. The molecule has 1 aromatic carbocycles. The zero-order valence-electron chi connectivity index (χ0n) is 12.5. The Kier molecular flexibility index (Phi) is 5.08. The number of halogens is 1. The van der Waals surface area contributed by atoms with Crippen molar-refractivity contribution in [1.29, 1.82) is 0 Å². The minimum atomic E-state index is -1.02. The van der Waals surface area contributed by atoms with Crippen LogP contribution in [0.5, 0.6) is 5.75 Å². The number of carboxylic acids is 1. The Bertz CT molecular complexity index is 652. The summed E-state index contributed by atoms with van der Waals surface area (Å²) in [6.45, 7) is 1.82. The lowest BCUT2D eigenvalue weighted by Gasteiger charge is -2.18. The lowest BCUT2D eigenvalue weighted by atomic mass is 9.91. The molecule has 0 bridgehead atoms. The van der Waals surface area contributed by atoms with Crippen molar-refractivity contribution in [1.82, 2.24) is 0 Å². The summed E-state index contributed by atoms with van der Waals surface area (Å²) in [7, 11) is 1.49. The molecule has 2 N–H and O–H groups in total. The van der Waals surface area contributed by atoms with Crippen LogP contribution in [0.25, 0.3) is 0 Å². The zero-order chi connectivity index (χ0) is 16.3. The molecule has 0 spiro atoms. The van der Waals surface area contributed by atoms with E-state index in [4.69, 9.17) is 16.3 Å². The summed E-state index contributed by atoms with van der Waals surface area (Å²) >= 11 is 6.03. The molecule has 1 amide bonds. The molecular weight excluding hydrogens is 306 g/mol. The van der Waals surface area contributed by atoms with Gasteiger partial charge in [0.15, 0.2) is 0 Å². The highest BCUT2D eigenvalue weighted by molar-refractivity contribution is 6.31. The van der Waals surface area contributed by atoms with Crippen LogP contribution in [0, 0.1) is 6.92 Å². The number of hydrogen-bond acceptors (Lipinski definition) is 3. The van der Waals surface area contributed by atoms with Crippen molar-refractivity contribution in [3.8, 4) is 5.75 Å². The van der Waals surface area contributed by atoms with Crippen LogP contribution in [-0.4, -0.2) is 24.1 Å². The molecular formula is C16H18ClNO4. The van der Waals surface area contributed by atoms with Gasteiger partial charge < -0.3 is 15.2 Å². The largest absolute Gasteiger partial charge is 0.495 e. The van der Waals surface area contributed by atoms with Crippen molar-refractivity contribution >= 4 is 29.2 Å². The molecule has 0 fully saturated rings. The molecule has 0 saturated carbocycles. The van der Waals surface area contributed by atoms with E-state index in [0.717, 1.165) is 18.4 Å². The molecule has 0 aromatic heterocycles. The van der Waals surface area contributed by atoms with Crippen LogP contribution >= 0.6 is 11.6 Å². The first-order valence-corrected chi connectivity index (χ1v) is 7.42. The van der Waals surface area contributed by atoms with Gasteiger partial charge in [0, 0.05) is 22.2 Å². The fraction of sp³-hybridized carbons (Fsp3) is 0.375. The molecule has 2 rings (SSSR count). The third kappa shape index (κ3) is 3.42. The number of carbonyl (C=O) groups excluding carboxylic acids is 1. The molecule has 5 nitrogen and oxygen atoms in total. The molecule has 0 atom stereocenters. The van der Waals surface area contributed by atoms with E-state index in [2.05, 4.69) is 5.32 Å². The second-order valence-electron chi connectivity index (χ2n) is 5.23. The van der Waals surface area contributed by atoms with E-state index in [1.807, 2.05) is 6.92 Å². The maximum atomic E-state index is 12.4. The number of hydrogen-bond donors (Lipinski definition) is 2. The topological polar surface area (TPSA) is 75.6 Å². The minimum absolute atomic E-state index is 0.202. The Morgan fingerprint density at radius 1 is 1.23 bits per heavy atom. The number of aliphatic carboxylic acids is 1. The highest BCUT2D eigenvalue weighted by atomic mass is 35.5. The summed E-state index contributed by atoms with van der Waals surface area (Å²) in [4.78, 5) is 23.7. The van der Waals surface area contributed by atoms with Gasteiger partial charge >= 0.3 is 5.97 Å². The predicted molar refractivity (Wildman–Crippen MR) is 84.5 cm³/mol. The third-order valence-electron chi connectivity index (χ3n) is 3.73. The third-order valence-corrected chi connectivity index (χ3v) is 4.14. The SMILES string of the molecule is COc1cc(Cl)c(C)cc1NC(=O)C1=C(C(=O)O)CCCC1. The Labute approximate surface area is 133 Å². The number of ether oxygens (including phenoxy) is 1. The van der Waals surface area contributed by atoms with Crippen LogP contribution in [0.4, 0.5) is 5.69 Å². The number of amides is 1. The van der Waals surface area contributed by atoms with E-state index in [1.165, 1.54) is 7.11 Å². The standard InChI is InChI=1S/C16H18ClNO4/c1-9-7-13(14(22-2)8-12(9)17)18-15(19)10-5-3-4-6-11(10)16(20)21/h7-8H,3-6H2,1-2H3,(H,18,19)(H,20,21). The first-order valence-electron chi connectivity index (χ1n) is 7.05. The molecule has 1 aromatic rings. The van der Waals surface area contributed by atoms with Gasteiger partial charge in [0.25, 0.3) is 5.91 Å². The van der Waals surface area contributed by atoms with Gasteiger partial charge in [-0.1, -0.05) is 11.6 Å². The van der Waals surface area contributed by atoms with Crippen LogP contribution in [0.2, 0.25) is 5.02 Å². The fourth-order valence-electron chi connectivity index (χ4n) is 2.52. The number of methoxy groups -OCH3 is 1. The van der Waals surface area contributed by atoms with E-state index in [1.54, 1.807) is 12.1 Å². The lowest BCUT2D eigenvalue weighted by Crippen LogP contribution is -2.21. The van der Waals surface area contributed by atoms with Crippen molar-refractivity contribution in [3.63, 3.8) is 0 Å². The number of carbonyl (C=O) groups is 2. The molecule has 0 unspecified atom stereocenters. The summed E-state index contributed by atoms with van der Waals surface area (Å²) in [5, 5.41) is 12.5. The van der Waals surface area contributed by atoms with Gasteiger partial charge in [0.1, 0.15) is 5.75 Å². The maximum Gasteiger partial charge on any atom is 0.332 e. The van der Waals surface area contributed by atoms with Gasteiger partial charge in [-0.15, -0.1) is 0 Å². The van der Waals surface area contributed by atoms with Gasteiger partial charge in [0.2, 0.25) is 0 Å². The summed E-state index contributed by atoms with van der Waals surface area (Å²) in [6, 6.07) is 3.34. The van der Waals surface area contributed by atoms with Gasteiger partial charge in [-0.3, -0.25) is 4.79 Å². The highest BCUT2D eigenvalue weighted by Crippen LogP contribution is 2.32. The number of anilines is 1. The summed E-state index contributed by atoms with van der Waals surface area (Å²) in [5.74, 6) is -0.974. The smallest absolute Gasteiger partial charge is 0.332 e. The van der Waals surface area contributed by atoms with E-state index < -0.39 is 11.9 Å². The normalized spacial score (nSPS) is 14.7. The predicted octanol–water partition coefficient (Wildman–Crippen LogP) is 3.55. The first-order chi connectivity index (χ1) is 10.4. The molecule has 0 radical (unpaired) electrons. The molecule has 6 heteroatoms. The quantitative estimate of drug-likeness (QED) is 0.888. The first kappa shape index (κ1) is 16.4. The Morgan fingerprint density at radius 3 is 2.45 bits per heavy atom. The van der Waals surface area contributed by atoms with Gasteiger partial charge in [-0.2, -0.15) is 0 Å². The van der Waals surface area contributed by atoms with Gasteiger partial charge in [-0.05, 0) is 44.2 Å². The summed E-state index contributed by atoms with van der Waals surface area (Å²) in [5.41, 5.74) is 1.83. The fourth-order valence-corrected chi connectivity index (χ4v) is 2.67. The van der Waals surface area contributed by atoms with Crippen molar-refractivity contribution in [3.05, 3.63) is 33.9 Å². The second kappa shape index (κ2) is 6.83. The number of nitrogens with one attached hydrogen (secondary N) is 1. The number of rotatable bonds is 4. The summed E-state index contributed by atoms with van der Waals surface area (Å²) < 4.78 is 5.21. The van der Waals surface area contributed by atoms with E-state index in [9.17, 15) is 14.7 Å². The van der Waals surface area contributed by atoms with Crippen molar-refractivity contribution in [2.24, 2.45) is 0 Å². The number of benzene rings is 1. The van der Waals surface area contributed by atoms with E-state index in [0.29, 0.717) is 34.9 Å². The van der Waals surface area contributed by atoms with Gasteiger partial charge in [0.05, 0.1) is 12.8 Å². The number of aryl methyl sites for hydroxylation is 1. The molecule has 0 saturated heterocycles. The van der Waals surface area contributed by atoms with Gasteiger partial charge in [-0.25, -0.2) is 4.79 Å². The molecule has 0 aliphatic heterocycles. The molecule has 22 heavy (non-hydrogen) atoms. The molecule has 0 heterocycles. The Hall–Kier alpha value is -2.01. The van der Waals surface area contributed by atoms with Crippen molar-refractivity contribution in [2.45, 2.75) is 32.6 Å². The van der Waals surface area contributed by atoms with Crippen LogP contribution < -0.4 is 10.1 Å². The van der Waals surface area contributed by atoms with Crippen LogP contribution in [0.1, 0.15) is 31.2 Å². The molecule has 118 valence electrons. The van der Waals surface area contributed by atoms with E-state index in [-0.39, 0.29) is 5.57 Å². The average Bonchev–Trinajstić information content (AvgIpc) is 2.50. The summed E-state index contributed by atoms with van der Waals surface area (Å²) in [6.07, 6.45) is 2.51. The maximum absolute atomic E-state index is 12.4. The molecule has 1 aliphatic rings. The lowest BCUT2D eigenvalue weighted by molar-refractivity contribution is -0.133. The van der Waals surface area contributed by atoms with E-state index >= 15 is 0 Å². The zero-order valence-corrected chi connectivity index (χ0v) is 13.3. The molecule has 1 aliphatic carbocycles. The van der Waals surface area contributed by atoms with Crippen molar-refractivity contribution in [2.75, 3.05) is 12.4 Å². The van der Waals surface area contributed by atoms with Crippen LogP contribution in [0.3, 0.4) is 0 Å². The van der Waals surface area contributed by atoms with Crippen molar-refractivity contribution < 1.29 is 19.4 Å². The van der Waals surface area contributed by atoms with Crippen LogP contribution in [-0.2, 0) is 9.59 Å². The Balaban J connectivity index is 2.32.